The number of nitrogens with zero attached hydrogens (tertiary/aromatic N) is 5. The molecule has 1 amide bonds. The van der Waals surface area contributed by atoms with Crippen molar-refractivity contribution < 1.29 is 14.6 Å². The van der Waals surface area contributed by atoms with Gasteiger partial charge in [0, 0.05) is 29.9 Å². The monoisotopic (exact) mass is 435 g/mol. The quantitative estimate of drug-likeness (QED) is 0.438. The molecule has 1 aliphatic rings. The number of non-ortho nitro benzene ring substituents is 1. The predicted molar refractivity (Wildman–Crippen MR) is 115 cm³/mol. The molecule has 2 aromatic carbocycles. The molecule has 0 aliphatic carbocycles. The lowest BCUT2D eigenvalue weighted by molar-refractivity contribution is -0.384. The van der Waals surface area contributed by atoms with Crippen LogP contribution in [0.15, 0.2) is 54.9 Å². The number of hydrogen-bond donors (Lipinski definition) is 2. The molecular formula is C20H17N7O5. The lowest BCUT2D eigenvalue weighted by Crippen LogP contribution is -2.31. The second kappa shape index (κ2) is 8.63. The first-order chi connectivity index (χ1) is 15.5. The van der Waals surface area contributed by atoms with Crippen LogP contribution in [0.1, 0.15) is 22.3 Å². The number of aryl methyl sites for hydroxylation is 1. The van der Waals surface area contributed by atoms with Crippen molar-refractivity contribution in [3.8, 4) is 0 Å². The van der Waals surface area contributed by atoms with Crippen LogP contribution in [0.4, 0.5) is 28.7 Å². The number of aromatic nitrogens is 2. The number of fused-ring (bicyclic) bond motifs is 1. The number of anilines is 3. The molecule has 0 unspecified atom stereocenters. The van der Waals surface area contributed by atoms with Gasteiger partial charge >= 0.3 is 5.69 Å². The number of carbonyl (C=O) groups is 1. The minimum atomic E-state index is -0.716. The summed E-state index contributed by atoms with van der Waals surface area (Å²) in [5.74, 6) is -0.822. The summed E-state index contributed by atoms with van der Waals surface area (Å²) in [4.78, 5) is 43.8. The van der Waals surface area contributed by atoms with Crippen LogP contribution in [0.2, 0.25) is 0 Å². The van der Waals surface area contributed by atoms with Crippen molar-refractivity contribution in [2.24, 2.45) is 0 Å². The molecule has 4 rings (SSSR count). The van der Waals surface area contributed by atoms with Crippen LogP contribution in [0, 0.1) is 20.2 Å². The van der Waals surface area contributed by atoms with Gasteiger partial charge in [-0.15, -0.1) is 0 Å². The number of hydrazine groups is 1. The Morgan fingerprint density at radius 3 is 2.62 bits per heavy atom. The van der Waals surface area contributed by atoms with E-state index >= 15 is 0 Å². The molecule has 2 N–H and O–H groups in total. The van der Waals surface area contributed by atoms with E-state index in [2.05, 4.69) is 20.8 Å². The molecule has 0 radical (unpaired) electrons. The van der Waals surface area contributed by atoms with Crippen molar-refractivity contribution in [1.29, 1.82) is 0 Å². The van der Waals surface area contributed by atoms with Crippen molar-refractivity contribution >= 4 is 34.6 Å². The van der Waals surface area contributed by atoms with Crippen molar-refractivity contribution in [2.75, 3.05) is 16.9 Å². The molecule has 0 saturated heterocycles. The first-order valence-electron chi connectivity index (χ1n) is 9.61. The van der Waals surface area contributed by atoms with E-state index in [1.165, 1.54) is 24.5 Å². The Balaban J connectivity index is 1.62. The fourth-order valence-corrected chi connectivity index (χ4v) is 3.53. The number of benzene rings is 2. The number of carbonyl (C=O) groups excluding carboxylic acids is 1. The highest BCUT2D eigenvalue weighted by molar-refractivity contribution is 5.95. The molecule has 12 nitrogen and oxygen atoms in total. The molecule has 1 aliphatic heterocycles. The molecule has 2 heterocycles. The van der Waals surface area contributed by atoms with Gasteiger partial charge in [0.1, 0.15) is 6.33 Å². The van der Waals surface area contributed by atoms with Gasteiger partial charge in [0.05, 0.1) is 9.85 Å². The van der Waals surface area contributed by atoms with Crippen LogP contribution in [0.3, 0.4) is 0 Å². The van der Waals surface area contributed by atoms with Gasteiger partial charge in [-0.3, -0.25) is 35.9 Å². The van der Waals surface area contributed by atoms with Crippen molar-refractivity contribution in [3.63, 3.8) is 0 Å². The number of rotatable bonds is 6. The zero-order valence-corrected chi connectivity index (χ0v) is 16.6. The zero-order valence-electron chi connectivity index (χ0n) is 16.6. The van der Waals surface area contributed by atoms with E-state index in [0.717, 1.165) is 30.2 Å². The fraction of sp³-hybridized carbons (Fsp3) is 0.150. The molecule has 32 heavy (non-hydrogen) atoms. The van der Waals surface area contributed by atoms with E-state index in [-0.39, 0.29) is 22.9 Å². The average Bonchev–Trinajstić information content (AvgIpc) is 2.81. The van der Waals surface area contributed by atoms with Gasteiger partial charge in [-0.25, -0.2) is 9.97 Å². The van der Waals surface area contributed by atoms with Gasteiger partial charge < -0.3 is 4.90 Å². The third-order valence-electron chi connectivity index (χ3n) is 4.97. The van der Waals surface area contributed by atoms with Gasteiger partial charge in [-0.2, -0.15) is 0 Å². The average molecular weight is 435 g/mol. The van der Waals surface area contributed by atoms with Crippen LogP contribution in [0.5, 0.6) is 0 Å². The van der Waals surface area contributed by atoms with Crippen molar-refractivity contribution in [1.82, 2.24) is 15.4 Å². The number of amides is 1. The Morgan fingerprint density at radius 2 is 1.84 bits per heavy atom. The lowest BCUT2D eigenvalue weighted by Gasteiger charge is -2.30. The number of para-hydroxylation sites is 1. The van der Waals surface area contributed by atoms with Crippen LogP contribution in [0.25, 0.3) is 0 Å². The molecule has 162 valence electrons. The van der Waals surface area contributed by atoms with Gasteiger partial charge in [-0.1, -0.05) is 24.3 Å². The summed E-state index contributed by atoms with van der Waals surface area (Å²) in [5.41, 5.74) is 5.99. The van der Waals surface area contributed by atoms with Crippen LogP contribution < -0.4 is 15.8 Å². The smallest absolute Gasteiger partial charge is 0.320 e. The first kappa shape index (κ1) is 20.7. The van der Waals surface area contributed by atoms with Gasteiger partial charge in [0.25, 0.3) is 11.6 Å². The van der Waals surface area contributed by atoms with Gasteiger partial charge in [0.2, 0.25) is 11.6 Å². The summed E-state index contributed by atoms with van der Waals surface area (Å²) in [7, 11) is 0. The molecule has 3 aromatic rings. The molecule has 12 heteroatoms. The number of hydrogen-bond acceptors (Lipinski definition) is 9. The lowest BCUT2D eigenvalue weighted by atomic mass is 10.0. The SMILES string of the molecule is O=C(NNc1ncnc(N2CCCc3ccccc32)c1[N+](=O)[O-])c1cccc([N+](=O)[O-])c1. The van der Waals surface area contributed by atoms with E-state index in [1.807, 2.05) is 24.3 Å². The highest BCUT2D eigenvalue weighted by Gasteiger charge is 2.30. The third-order valence-corrected chi connectivity index (χ3v) is 4.97. The Bertz CT molecular complexity index is 1220. The molecule has 0 saturated carbocycles. The van der Waals surface area contributed by atoms with E-state index in [1.54, 1.807) is 4.90 Å². The summed E-state index contributed by atoms with van der Waals surface area (Å²) in [6, 6.07) is 12.7. The minimum absolute atomic E-state index is 0.00795. The minimum Gasteiger partial charge on any atom is -0.320 e. The highest BCUT2D eigenvalue weighted by atomic mass is 16.6. The highest BCUT2D eigenvalue weighted by Crippen LogP contribution is 2.39. The normalized spacial score (nSPS) is 12.6. The Hall–Kier alpha value is -4.61. The number of nitrogens with one attached hydrogen (secondary N) is 2. The van der Waals surface area contributed by atoms with Crippen molar-refractivity contribution in [3.05, 3.63) is 86.2 Å². The van der Waals surface area contributed by atoms with Gasteiger partial charge in [-0.05, 0) is 30.5 Å². The summed E-state index contributed by atoms with van der Waals surface area (Å²) in [5, 5.41) is 22.8. The number of nitro groups is 2. The summed E-state index contributed by atoms with van der Waals surface area (Å²) in [6.07, 6.45) is 2.82. The van der Waals surface area contributed by atoms with E-state index in [0.29, 0.717) is 6.54 Å². The van der Waals surface area contributed by atoms with E-state index < -0.39 is 21.4 Å². The topological polar surface area (TPSA) is 156 Å². The van der Waals surface area contributed by atoms with Crippen molar-refractivity contribution in [2.45, 2.75) is 12.8 Å². The first-order valence-corrected chi connectivity index (χ1v) is 9.61. The van der Waals surface area contributed by atoms with Crippen LogP contribution in [-0.4, -0.2) is 32.3 Å². The second-order valence-corrected chi connectivity index (χ2v) is 6.92. The van der Waals surface area contributed by atoms with E-state index in [4.69, 9.17) is 0 Å². The Morgan fingerprint density at radius 1 is 1.03 bits per heavy atom. The Kier molecular flexibility index (Phi) is 5.57. The maximum Gasteiger partial charge on any atom is 0.355 e. The maximum absolute atomic E-state index is 12.4. The summed E-state index contributed by atoms with van der Waals surface area (Å²) < 4.78 is 0. The molecule has 0 atom stereocenters. The molecular weight excluding hydrogens is 418 g/mol. The fourth-order valence-electron chi connectivity index (χ4n) is 3.53. The van der Waals surface area contributed by atoms with Gasteiger partial charge in [0.15, 0.2) is 0 Å². The third kappa shape index (κ3) is 4.01. The number of nitro benzene ring substituents is 1. The molecule has 1 aromatic heterocycles. The summed E-state index contributed by atoms with van der Waals surface area (Å²) >= 11 is 0. The predicted octanol–water partition coefficient (Wildman–Crippen LogP) is 3.13. The summed E-state index contributed by atoms with van der Waals surface area (Å²) in [6.45, 7) is 0.536. The van der Waals surface area contributed by atoms with E-state index in [9.17, 15) is 25.0 Å². The molecule has 0 bridgehead atoms. The Labute approximate surface area is 181 Å². The largest absolute Gasteiger partial charge is 0.355 e. The van der Waals surface area contributed by atoms with Crippen LogP contribution in [-0.2, 0) is 6.42 Å². The standard InChI is InChI=1S/C20H17N7O5/c28-20(14-6-3-8-15(11-14)26(29)30)24-23-18-17(27(31)32)19(22-12-21-18)25-10-4-7-13-5-1-2-9-16(13)25/h1-3,5-6,8-9,11-12H,4,7,10H2,(H,24,28)(H,21,22,23). The van der Waals surface area contributed by atoms with Crippen LogP contribution >= 0.6 is 0 Å². The second-order valence-electron chi connectivity index (χ2n) is 6.92. The maximum atomic E-state index is 12.4. The zero-order chi connectivity index (χ0) is 22.7. The molecule has 0 fully saturated rings. The molecule has 0 spiro atoms.